The molecule has 3 rings (SSSR count). The number of hydrogen-bond donors (Lipinski definition) is 0. The van der Waals surface area contributed by atoms with Crippen LogP contribution in [0.5, 0.6) is 5.75 Å². The van der Waals surface area contributed by atoms with Crippen LogP contribution >= 0.6 is 11.6 Å². The zero-order valence-electron chi connectivity index (χ0n) is 16.7. The molecule has 148 valence electrons. The molecule has 2 heterocycles. The Labute approximate surface area is 170 Å². The molecular formula is C21H25ClN4O2. The first-order chi connectivity index (χ1) is 13.5. The van der Waals surface area contributed by atoms with Gasteiger partial charge in [0.1, 0.15) is 5.75 Å². The van der Waals surface area contributed by atoms with Gasteiger partial charge in [0.2, 0.25) is 0 Å². The van der Waals surface area contributed by atoms with Crippen molar-refractivity contribution in [3.63, 3.8) is 0 Å². The third kappa shape index (κ3) is 3.69. The van der Waals surface area contributed by atoms with E-state index in [-0.39, 0.29) is 5.91 Å². The molecular weight excluding hydrogens is 376 g/mol. The Morgan fingerprint density at radius 3 is 2.61 bits per heavy atom. The summed E-state index contributed by atoms with van der Waals surface area (Å²) in [4.78, 5) is 19.4. The maximum atomic E-state index is 13.0. The molecule has 6 nitrogen and oxygen atoms in total. The van der Waals surface area contributed by atoms with Gasteiger partial charge in [0.25, 0.3) is 5.91 Å². The lowest BCUT2D eigenvalue weighted by molar-refractivity contribution is 0.0755. The number of carbonyl (C=O) groups is 1. The summed E-state index contributed by atoms with van der Waals surface area (Å²) in [5, 5.41) is 5.70. The van der Waals surface area contributed by atoms with Gasteiger partial charge in [-0.1, -0.05) is 31.5 Å². The molecule has 0 aliphatic carbocycles. The van der Waals surface area contributed by atoms with Crippen molar-refractivity contribution in [2.75, 3.05) is 20.2 Å². The zero-order chi connectivity index (χ0) is 20.3. The molecule has 0 saturated carbocycles. The minimum Gasteiger partial charge on any atom is -0.497 e. The molecule has 0 atom stereocenters. The lowest BCUT2D eigenvalue weighted by atomic mass is 10.1. The molecule has 7 heteroatoms. The van der Waals surface area contributed by atoms with E-state index in [0.29, 0.717) is 34.7 Å². The van der Waals surface area contributed by atoms with Crippen molar-refractivity contribution in [1.29, 1.82) is 0 Å². The molecule has 1 amide bonds. The number of hydrogen-bond acceptors (Lipinski definition) is 4. The second kappa shape index (κ2) is 8.61. The fourth-order valence-corrected chi connectivity index (χ4v) is 3.66. The normalized spacial score (nSPS) is 11.0. The van der Waals surface area contributed by atoms with Gasteiger partial charge in [-0.05, 0) is 31.9 Å². The van der Waals surface area contributed by atoms with E-state index >= 15 is 0 Å². The molecule has 0 aliphatic rings. The fourth-order valence-electron chi connectivity index (χ4n) is 3.30. The van der Waals surface area contributed by atoms with Crippen molar-refractivity contribution >= 4 is 28.5 Å². The van der Waals surface area contributed by atoms with Crippen molar-refractivity contribution in [1.82, 2.24) is 19.7 Å². The van der Waals surface area contributed by atoms with Crippen LogP contribution in [0.1, 0.15) is 42.7 Å². The number of aryl methyl sites for hydroxylation is 1. The highest BCUT2D eigenvalue weighted by molar-refractivity contribution is 6.38. The molecule has 2 aromatic heterocycles. The van der Waals surface area contributed by atoms with E-state index in [1.54, 1.807) is 18.0 Å². The van der Waals surface area contributed by atoms with Crippen molar-refractivity contribution in [3.8, 4) is 11.4 Å². The van der Waals surface area contributed by atoms with Crippen LogP contribution in [0.3, 0.4) is 0 Å². The predicted molar refractivity (Wildman–Crippen MR) is 112 cm³/mol. The molecule has 0 unspecified atom stereocenters. The molecule has 0 N–H and O–H groups in total. The van der Waals surface area contributed by atoms with Crippen LogP contribution in [-0.2, 0) is 0 Å². The number of nitrogens with zero attached hydrogens (tertiary/aromatic N) is 4. The Morgan fingerprint density at radius 2 is 1.96 bits per heavy atom. The zero-order valence-corrected chi connectivity index (χ0v) is 17.5. The topological polar surface area (TPSA) is 60.2 Å². The van der Waals surface area contributed by atoms with E-state index in [2.05, 4.69) is 23.9 Å². The maximum absolute atomic E-state index is 13.0. The Kier molecular flexibility index (Phi) is 6.19. The van der Waals surface area contributed by atoms with Gasteiger partial charge in [-0.25, -0.2) is 9.67 Å². The molecule has 28 heavy (non-hydrogen) atoms. The van der Waals surface area contributed by atoms with Crippen LogP contribution in [0.25, 0.3) is 16.7 Å². The highest BCUT2D eigenvalue weighted by atomic mass is 35.5. The number of benzene rings is 1. The summed E-state index contributed by atoms with van der Waals surface area (Å²) in [6.45, 7) is 7.38. The van der Waals surface area contributed by atoms with Gasteiger partial charge in [-0.3, -0.25) is 4.79 Å². The lowest BCUT2D eigenvalue weighted by Crippen LogP contribution is -2.32. The smallest absolute Gasteiger partial charge is 0.256 e. The summed E-state index contributed by atoms with van der Waals surface area (Å²) >= 11 is 6.68. The number of carbonyl (C=O) groups excluding carboxylic acids is 1. The predicted octanol–water partition coefficient (Wildman–Crippen LogP) is 4.65. The first-order valence-corrected chi connectivity index (χ1v) is 9.87. The molecule has 0 bridgehead atoms. The Bertz CT molecular complexity index is 993. The summed E-state index contributed by atoms with van der Waals surface area (Å²) in [6, 6.07) is 7.57. The largest absolute Gasteiger partial charge is 0.497 e. The third-order valence-electron chi connectivity index (χ3n) is 4.61. The third-order valence-corrected chi connectivity index (χ3v) is 5.00. The monoisotopic (exact) mass is 400 g/mol. The lowest BCUT2D eigenvalue weighted by Gasteiger charge is -2.22. The van der Waals surface area contributed by atoms with Gasteiger partial charge >= 0.3 is 0 Å². The van der Waals surface area contributed by atoms with Crippen molar-refractivity contribution < 1.29 is 9.53 Å². The Hall–Kier alpha value is -2.60. The number of fused-ring (bicyclic) bond motifs is 1. The molecule has 0 aliphatic heterocycles. The molecule has 0 spiro atoms. The first kappa shape index (κ1) is 20.1. The van der Waals surface area contributed by atoms with E-state index in [9.17, 15) is 4.79 Å². The summed E-state index contributed by atoms with van der Waals surface area (Å²) in [5.41, 5.74) is 2.58. The van der Waals surface area contributed by atoms with Crippen molar-refractivity contribution in [2.24, 2.45) is 0 Å². The Balaban J connectivity index is 2.10. The van der Waals surface area contributed by atoms with Crippen LogP contribution in [0.2, 0.25) is 5.02 Å². The minimum absolute atomic E-state index is 0.0865. The van der Waals surface area contributed by atoms with Gasteiger partial charge in [0.15, 0.2) is 5.65 Å². The molecule has 1 aromatic carbocycles. The fraction of sp³-hybridized carbons (Fsp3) is 0.381. The number of amides is 1. The summed E-state index contributed by atoms with van der Waals surface area (Å²) < 4.78 is 7.03. The van der Waals surface area contributed by atoms with E-state index in [1.165, 1.54) is 0 Å². The number of ether oxygens (including phenoxy) is 1. The number of aromatic nitrogens is 3. The standard InChI is InChI=1S/C21H25ClN4O2/c1-5-10-25(11-6-2)21(27)17-13-23-20-18(19(17)22)14(3)24-26(20)15-8-7-9-16(12-15)28-4/h7-9,12-13H,5-6,10-11H2,1-4H3. The molecule has 3 aromatic rings. The summed E-state index contributed by atoms with van der Waals surface area (Å²) in [5.74, 6) is 0.642. The summed E-state index contributed by atoms with van der Waals surface area (Å²) in [6.07, 6.45) is 3.35. The first-order valence-electron chi connectivity index (χ1n) is 9.49. The van der Waals surface area contributed by atoms with Crippen molar-refractivity contribution in [3.05, 3.63) is 46.7 Å². The van der Waals surface area contributed by atoms with E-state index in [0.717, 1.165) is 30.0 Å². The average Bonchev–Trinajstić information content (AvgIpc) is 3.05. The van der Waals surface area contributed by atoms with E-state index < -0.39 is 0 Å². The summed E-state index contributed by atoms with van der Waals surface area (Å²) in [7, 11) is 1.62. The van der Waals surface area contributed by atoms with Gasteiger partial charge in [0.05, 0.1) is 34.5 Å². The number of halogens is 1. The number of pyridine rings is 1. The van der Waals surface area contributed by atoms with Gasteiger partial charge in [0, 0.05) is 25.4 Å². The van der Waals surface area contributed by atoms with E-state index in [1.807, 2.05) is 36.1 Å². The highest BCUT2D eigenvalue weighted by Gasteiger charge is 2.23. The van der Waals surface area contributed by atoms with Gasteiger partial charge in [-0.15, -0.1) is 0 Å². The van der Waals surface area contributed by atoms with Gasteiger partial charge in [-0.2, -0.15) is 5.10 Å². The minimum atomic E-state index is -0.0865. The quantitative estimate of drug-likeness (QED) is 0.579. The second-order valence-corrected chi connectivity index (χ2v) is 7.05. The highest BCUT2D eigenvalue weighted by Crippen LogP contribution is 2.31. The van der Waals surface area contributed by atoms with Crippen LogP contribution in [0.4, 0.5) is 0 Å². The SMILES string of the molecule is CCCN(CCC)C(=O)c1cnc2c(c(C)nn2-c2cccc(OC)c2)c1Cl. The molecule has 0 radical (unpaired) electrons. The molecule has 0 fully saturated rings. The number of rotatable bonds is 7. The van der Waals surface area contributed by atoms with Crippen LogP contribution < -0.4 is 4.74 Å². The second-order valence-electron chi connectivity index (χ2n) is 6.68. The van der Waals surface area contributed by atoms with Gasteiger partial charge < -0.3 is 9.64 Å². The van der Waals surface area contributed by atoms with Crippen LogP contribution in [0, 0.1) is 6.92 Å². The number of methoxy groups -OCH3 is 1. The van der Waals surface area contributed by atoms with Crippen LogP contribution in [0.15, 0.2) is 30.5 Å². The van der Waals surface area contributed by atoms with Crippen LogP contribution in [-0.4, -0.2) is 45.8 Å². The van der Waals surface area contributed by atoms with E-state index in [4.69, 9.17) is 16.3 Å². The van der Waals surface area contributed by atoms with Crippen molar-refractivity contribution in [2.45, 2.75) is 33.6 Å². The Morgan fingerprint density at radius 1 is 1.25 bits per heavy atom. The maximum Gasteiger partial charge on any atom is 0.256 e. The average molecular weight is 401 g/mol. The molecule has 0 saturated heterocycles.